The Hall–Kier alpha value is -1.34. The lowest BCUT2D eigenvalue weighted by Gasteiger charge is -2.31. The third-order valence-corrected chi connectivity index (χ3v) is 5.69. The molecule has 0 atom stereocenters. The zero-order valence-electron chi connectivity index (χ0n) is 14.5. The topological polar surface area (TPSA) is 12.0 Å². The largest absolute Gasteiger partial charge is 0.311 e. The lowest BCUT2D eigenvalue weighted by atomic mass is 9.78. The van der Waals surface area contributed by atoms with Gasteiger partial charge in [-0.25, -0.2) is 0 Å². The molecule has 0 bridgehead atoms. The molecule has 1 heteroatoms. The van der Waals surface area contributed by atoms with Crippen molar-refractivity contribution < 1.29 is 0 Å². The second-order valence-electron chi connectivity index (χ2n) is 7.39. The molecular weight excluding hydrogens is 266 g/mol. The van der Waals surface area contributed by atoms with Gasteiger partial charge in [-0.15, -0.1) is 0 Å². The summed E-state index contributed by atoms with van der Waals surface area (Å²) in [7, 11) is 2.06. The molecule has 0 radical (unpaired) electrons. The van der Waals surface area contributed by atoms with E-state index < -0.39 is 0 Å². The van der Waals surface area contributed by atoms with Crippen molar-refractivity contribution in [2.45, 2.75) is 64.3 Å². The molecule has 0 aromatic heterocycles. The Kier molecular flexibility index (Phi) is 4.27. The molecule has 1 saturated carbocycles. The maximum Gasteiger partial charge on any atom is 0.0377 e. The van der Waals surface area contributed by atoms with Crippen molar-refractivity contribution in [3.63, 3.8) is 0 Å². The summed E-state index contributed by atoms with van der Waals surface area (Å²) in [6.45, 7) is 6.85. The smallest absolute Gasteiger partial charge is 0.0377 e. The molecule has 0 saturated heterocycles. The van der Waals surface area contributed by atoms with Crippen LogP contribution in [0.25, 0.3) is 10.8 Å². The Balaban J connectivity index is 2.23. The van der Waals surface area contributed by atoms with Gasteiger partial charge in [0.25, 0.3) is 0 Å². The van der Waals surface area contributed by atoms with E-state index in [-0.39, 0.29) is 5.54 Å². The standard InChI is InChI=1S/C21H29N/c1-15-17-12-8-9-13-18(17)19(16-10-6-5-7-11-16)14-20(15)21(2,3)22-4/h8-9,12-14,16,22H,5-7,10-11H2,1-4H3. The summed E-state index contributed by atoms with van der Waals surface area (Å²) in [6, 6.07) is 11.5. The molecule has 1 aliphatic carbocycles. The maximum atomic E-state index is 3.49. The van der Waals surface area contributed by atoms with E-state index in [1.165, 1.54) is 54.0 Å². The highest BCUT2D eigenvalue weighted by Crippen LogP contribution is 2.40. The Labute approximate surface area is 135 Å². The van der Waals surface area contributed by atoms with Gasteiger partial charge in [0.1, 0.15) is 0 Å². The first-order valence-electron chi connectivity index (χ1n) is 8.76. The van der Waals surface area contributed by atoms with Crippen LogP contribution in [-0.2, 0) is 5.54 Å². The van der Waals surface area contributed by atoms with E-state index in [9.17, 15) is 0 Å². The predicted molar refractivity (Wildman–Crippen MR) is 96.6 cm³/mol. The first kappa shape index (κ1) is 15.6. The second kappa shape index (κ2) is 6.04. The van der Waals surface area contributed by atoms with Crippen LogP contribution < -0.4 is 5.32 Å². The molecule has 3 rings (SSSR count). The predicted octanol–water partition coefficient (Wildman–Crippen LogP) is 5.65. The molecule has 0 amide bonds. The molecule has 118 valence electrons. The van der Waals surface area contributed by atoms with Crippen LogP contribution in [0.15, 0.2) is 30.3 Å². The number of hydrogen-bond donors (Lipinski definition) is 1. The highest BCUT2D eigenvalue weighted by atomic mass is 14.9. The molecule has 0 aliphatic heterocycles. The lowest BCUT2D eigenvalue weighted by Crippen LogP contribution is -2.34. The highest BCUT2D eigenvalue weighted by Gasteiger charge is 2.25. The van der Waals surface area contributed by atoms with Gasteiger partial charge in [-0.3, -0.25) is 0 Å². The molecular formula is C21H29N. The van der Waals surface area contributed by atoms with Gasteiger partial charge in [0.15, 0.2) is 0 Å². The Morgan fingerprint density at radius 1 is 1.00 bits per heavy atom. The average molecular weight is 295 g/mol. The van der Waals surface area contributed by atoms with Crippen molar-refractivity contribution in [3.8, 4) is 0 Å². The summed E-state index contributed by atoms with van der Waals surface area (Å²) in [5.74, 6) is 0.741. The van der Waals surface area contributed by atoms with Gasteiger partial charge >= 0.3 is 0 Å². The fourth-order valence-electron chi connectivity index (χ4n) is 4.08. The van der Waals surface area contributed by atoms with Gasteiger partial charge in [-0.05, 0) is 74.0 Å². The molecule has 2 aromatic rings. The zero-order valence-corrected chi connectivity index (χ0v) is 14.5. The van der Waals surface area contributed by atoms with Crippen molar-refractivity contribution in [3.05, 3.63) is 47.0 Å². The summed E-state index contributed by atoms with van der Waals surface area (Å²) >= 11 is 0. The van der Waals surface area contributed by atoms with Crippen molar-refractivity contribution in [1.82, 2.24) is 5.32 Å². The molecule has 2 aromatic carbocycles. The molecule has 0 spiro atoms. The number of nitrogens with one attached hydrogen (secondary N) is 1. The van der Waals surface area contributed by atoms with Gasteiger partial charge in [0, 0.05) is 5.54 Å². The summed E-state index contributed by atoms with van der Waals surface area (Å²) in [4.78, 5) is 0. The van der Waals surface area contributed by atoms with E-state index in [0.717, 1.165) is 5.92 Å². The molecule has 1 fully saturated rings. The van der Waals surface area contributed by atoms with E-state index in [4.69, 9.17) is 0 Å². The van der Waals surface area contributed by atoms with Crippen LogP contribution in [0, 0.1) is 6.92 Å². The number of aryl methyl sites for hydroxylation is 1. The third-order valence-electron chi connectivity index (χ3n) is 5.69. The summed E-state index contributed by atoms with van der Waals surface area (Å²) in [6.07, 6.45) is 6.89. The van der Waals surface area contributed by atoms with E-state index in [0.29, 0.717) is 0 Å². The van der Waals surface area contributed by atoms with Crippen molar-refractivity contribution in [1.29, 1.82) is 0 Å². The molecule has 1 N–H and O–H groups in total. The summed E-state index contributed by atoms with van der Waals surface area (Å²) in [5, 5.41) is 6.40. The molecule has 0 unspecified atom stereocenters. The molecule has 1 nitrogen and oxygen atoms in total. The van der Waals surface area contributed by atoms with Gasteiger partial charge in [-0.1, -0.05) is 49.6 Å². The van der Waals surface area contributed by atoms with E-state index in [1.807, 2.05) is 0 Å². The van der Waals surface area contributed by atoms with Crippen molar-refractivity contribution in [2.24, 2.45) is 0 Å². The second-order valence-corrected chi connectivity index (χ2v) is 7.39. The number of rotatable bonds is 3. The Morgan fingerprint density at radius 2 is 1.64 bits per heavy atom. The fourth-order valence-corrected chi connectivity index (χ4v) is 4.08. The van der Waals surface area contributed by atoms with Crippen LogP contribution in [0.2, 0.25) is 0 Å². The van der Waals surface area contributed by atoms with Gasteiger partial charge < -0.3 is 5.32 Å². The van der Waals surface area contributed by atoms with Crippen molar-refractivity contribution >= 4 is 10.8 Å². The number of benzene rings is 2. The van der Waals surface area contributed by atoms with E-state index in [2.05, 4.69) is 63.5 Å². The average Bonchev–Trinajstić information content (AvgIpc) is 2.56. The van der Waals surface area contributed by atoms with Gasteiger partial charge in [0.05, 0.1) is 0 Å². The van der Waals surface area contributed by atoms with E-state index >= 15 is 0 Å². The fraction of sp³-hybridized carbons (Fsp3) is 0.524. The summed E-state index contributed by atoms with van der Waals surface area (Å²) in [5.41, 5.74) is 4.47. The quantitative estimate of drug-likeness (QED) is 0.771. The third kappa shape index (κ3) is 2.67. The normalized spacial score (nSPS) is 17.1. The first-order chi connectivity index (χ1) is 10.5. The van der Waals surface area contributed by atoms with Crippen LogP contribution in [0.5, 0.6) is 0 Å². The Bertz CT molecular complexity index is 663. The highest BCUT2D eigenvalue weighted by molar-refractivity contribution is 5.90. The van der Waals surface area contributed by atoms with Crippen LogP contribution in [0.1, 0.15) is 68.6 Å². The van der Waals surface area contributed by atoms with Crippen LogP contribution in [0.3, 0.4) is 0 Å². The Morgan fingerprint density at radius 3 is 2.27 bits per heavy atom. The minimum Gasteiger partial charge on any atom is -0.311 e. The SMILES string of the molecule is CNC(C)(C)c1cc(C2CCCCC2)c2ccccc2c1C. The molecule has 22 heavy (non-hydrogen) atoms. The van der Waals surface area contributed by atoms with Crippen LogP contribution in [0.4, 0.5) is 0 Å². The first-order valence-corrected chi connectivity index (χ1v) is 8.76. The molecule has 1 aliphatic rings. The summed E-state index contributed by atoms with van der Waals surface area (Å²) < 4.78 is 0. The monoisotopic (exact) mass is 295 g/mol. The zero-order chi connectivity index (χ0) is 15.7. The maximum absolute atomic E-state index is 3.49. The minimum absolute atomic E-state index is 0.0114. The van der Waals surface area contributed by atoms with Gasteiger partial charge in [-0.2, -0.15) is 0 Å². The van der Waals surface area contributed by atoms with Crippen LogP contribution >= 0.6 is 0 Å². The minimum atomic E-state index is 0.0114. The van der Waals surface area contributed by atoms with Crippen LogP contribution in [-0.4, -0.2) is 7.05 Å². The lowest BCUT2D eigenvalue weighted by molar-refractivity contribution is 0.433. The van der Waals surface area contributed by atoms with Crippen molar-refractivity contribution in [2.75, 3.05) is 7.05 Å². The number of hydrogen-bond acceptors (Lipinski definition) is 1. The number of fused-ring (bicyclic) bond motifs is 1. The molecule has 0 heterocycles. The van der Waals surface area contributed by atoms with Gasteiger partial charge in [0.2, 0.25) is 0 Å². The van der Waals surface area contributed by atoms with E-state index in [1.54, 1.807) is 5.56 Å².